The van der Waals surface area contributed by atoms with E-state index in [1.807, 2.05) is 30.3 Å². The molecule has 0 radical (unpaired) electrons. The molecule has 2 rings (SSSR count). The molecule has 1 atom stereocenters. The smallest absolute Gasteiger partial charge is 0.242 e. The fraction of sp³-hybridized carbons (Fsp3) is 0.300. The molecule has 138 valence electrons. The van der Waals surface area contributed by atoms with E-state index in [1.165, 1.54) is 0 Å². The average molecular weight is 393 g/mol. The third-order valence-corrected chi connectivity index (χ3v) is 4.83. The van der Waals surface area contributed by atoms with Crippen LogP contribution in [0.5, 0.6) is 0 Å². The van der Waals surface area contributed by atoms with Crippen LogP contribution < -0.4 is 5.32 Å². The topological polar surface area (TPSA) is 49.4 Å². The molecular formula is C20H22Cl2N2O2. The first-order valence-electron chi connectivity index (χ1n) is 8.41. The number of rotatable bonds is 7. The summed E-state index contributed by atoms with van der Waals surface area (Å²) in [6.45, 7) is 2.03. The molecule has 1 N–H and O–H groups in total. The van der Waals surface area contributed by atoms with E-state index >= 15 is 0 Å². The number of hydrogen-bond acceptors (Lipinski definition) is 2. The van der Waals surface area contributed by atoms with Crippen molar-refractivity contribution in [3.63, 3.8) is 0 Å². The van der Waals surface area contributed by atoms with Gasteiger partial charge in [0.2, 0.25) is 11.8 Å². The lowest BCUT2D eigenvalue weighted by Crippen LogP contribution is -2.46. The number of nitrogens with one attached hydrogen (secondary N) is 1. The van der Waals surface area contributed by atoms with Gasteiger partial charge in [-0.3, -0.25) is 9.59 Å². The van der Waals surface area contributed by atoms with Crippen molar-refractivity contribution in [2.75, 3.05) is 7.05 Å². The molecule has 0 saturated carbocycles. The summed E-state index contributed by atoms with van der Waals surface area (Å²) in [6.07, 6.45) is 0.788. The zero-order chi connectivity index (χ0) is 19.1. The zero-order valence-corrected chi connectivity index (χ0v) is 16.3. The molecule has 0 fully saturated rings. The molecule has 4 nitrogen and oxygen atoms in total. The van der Waals surface area contributed by atoms with Gasteiger partial charge in [0.05, 0.1) is 0 Å². The molecule has 6 heteroatoms. The maximum absolute atomic E-state index is 12.8. The van der Waals surface area contributed by atoms with Crippen molar-refractivity contribution in [2.24, 2.45) is 0 Å². The summed E-state index contributed by atoms with van der Waals surface area (Å²) >= 11 is 12.2. The number of carbonyl (C=O) groups is 2. The Bertz CT molecular complexity index is 780. The second-order valence-corrected chi connectivity index (χ2v) is 6.88. The highest BCUT2D eigenvalue weighted by Crippen LogP contribution is 2.19. The van der Waals surface area contributed by atoms with Crippen LogP contribution in [0.25, 0.3) is 0 Å². The fourth-order valence-corrected chi connectivity index (χ4v) is 3.15. The Morgan fingerprint density at radius 2 is 1.85 bits per heavy atom. The summed E-state index contributed by atoms with van der Waals surface area (Å²) in [5.41, 5.74) is 1.79. The molecule has 26 heavy (non-hydrogen) atoms. The monoisotopic (exact) mass is 392 g/mol. The summed E-state index contributed by atoms with van der Waals surface area (Å²) in [5, 5.41) is 3.84. The second-order valence-electron chi connectivity index (χ2n) is 6.03. The summed E-state index contributed by atoms with van der Waals surface area (Å²) in [4.78, 5) is 26.5. The molecule has 0 aromatic heterocycles. The van der Waals surface area contributed by atoms with E-state index < -0.39 is 6.04 Å². The van der Waals surface area contributed by atoms with E-state index in [0.29, 0.717) is 23.0 Å². The van der Waals surface area contributed by atoms with Crippen molar-refractivity contribution < 1.29 is 9.59 Å². The quantitative estimate of drug-likeness (QED) is 0.771. The Balaban J connectivity index is 2.15. The fourth-order valence-electron chi connectivity index (χ4n) is 2.71. The lowest BCUT2D eigenvalue weighted by Gasteiger charge is -2.28. The van der Waals surface area contributed by atoms with Crippen LogP contribution in [-0.2, 0) is 22.6 Å². The Hall–Kier alpha value is -2.04. The van der Waals surface area contributed by atoms with Crippen LogP contribution in [0.1, 0.15) is 24.5 Å². The summed E-state index contributed by atoms with van der Waals surface area (Å²) in [6, 6.07) is 14.2. The lowest BCUT2D eigenvalue weighted by atomic mass is 10.1. The van der Waals surface area contributed by atoms with E-state index in [2.05, 4.69) is 5.32 Å². The Morgan fingerprint density at radius 3 is 2.50 bits per heavy atom. The van der Waals surface area contributed by atoms with Gasteiger partial charge in [-0.2, -0.15) is 0 Å². The predicted molar refractivity (Wildman–Crippen MR) is 105 cm³/mol. The standard InChI is InChI=1S/C20H22Cl2N2O2/c1-14(20(26)23-2)24(13-15-6-5-8-17(21)12-15)19(25)11-10-16-7-3-4-9-18(16)22/h3-9,12,14H,10-11,13H2,1-2H3,(H,23,26)/t14-/m0/s1. The lowest BCUT2D eigenvalue weighted by molar-refractivity contribution is -0.140. The van der Waals surface area contributed by atoms with Gasteiger partial charge in [-0.15, -0.1) is 0 Å². The first kappa shape index (κ1) is 20.3. The molecular weight excluding hydrogens is 371 g/mol. The van der Waals surface area contributed by atoms with Crippen molar-refractivity contribution >= 4 is 35.0 Å². The molecule has 0 aliphatic carbocycles. The second kappa shape index (κ2) is 9.60. The van der Waals surface area contributed by atoms with E-state index in [1.54, 1.807) is 37.1 Å². The summed E-state index contributed by atoms with van der Waals surface area (Å²) in [5.74, 6) is -0.320. The van der Waals surface area contributed by atoms with E-state index in [-0.39, 0.29) is 18.2 Å². The summed E-state index contributed by atoms with van der Waals surface area (Å²) in [7, 11) is 1.56. The number of amides is 2. The predicted octanol–water partition coefficient (Wildman–Crippen LogP) is 4.09. The first-order chi connectivity index (χ1) is 12.4. The highest BCUT2D eigenvalue weighted by atomic mass is 35.5. The van der Waals surface area contributed by atoms with Crippen molar-refractivity contribution in [1.82, 2.24) is 10.2 Å². The van der Waals surface area contributed by atoms with Crippen LogP contribution in [0.3, 0.4) is 0 Å². The molecule has 0 unspecified atom stereocenters. The first-order valence-corrected chi connectivity index (χ1v) is 9.17. The SMILES string of the molecule is CNC(=O)[C@H](C)N(Cc1cccc(Cl)c1)C(=O)CCc1ccccc1Cl. The molecule has 2 aromatic rings. The zero-order valence-electron chi connectivity index (χ0n) is 14.8. The molecule has 0 heterocycles. The molecule has 2 aromatic carbocycles. The number of aryl methyl sites for hydroxylation is 1. The summed E-state index contributed by atoms with van der Waals surface area (Å²) < 4.78 is 0. The maximum Gasteiger partial charge on any atom is 0.242 e. The number of hydrogen-bond donors (Lipinski definition) is 1. The number of likely N-dealkylation sites (N-methyl/N-ethyl adjacent to an activating group) is 1. The van der Waals surface area contributed by atoms with Gasteiger partial charge < -0.3 is 10.2 Å². The van der Waals surface area contributed by atoms with E-state index in [0.717, 1.165) is 11.1 Å². The van der Waals surface area contributed by atoms with Gasteiger partial charge in [-0.25, -0.2) is 0 Å². The minimum atomic E-state index is -0.585. The van der Waals surface area contributed by atoms with Crippen LogP contribution >= 0.6 is 23.2 Å². The van der Waals surface area contributed by atoms with E-state index in [9.17, 15) is 9.59 Å². The third kappa shape index (κ3) is 5.48. The third-order valence-electron chi connectivity index (χ3n) is 4.22. The average Bonchev–Trinajstić information content (AvgIpc) is 2.64. The van der Waals surface area contributed by atoms with Gasteiger partial charge in [0.15, 0.2) is 0 Å². The number of benzene rings is 2. The minimum Gasteiger partial charge on any atom is -0.357 e. The van der Waals surface area contributed by atoms with Crippen molar-refractivity contribution in [3.05, 3.63) is 69.7 Å². The molecule has 0 saturated heterocycles. The van der Waals surface area contributed by atoms with Gasteiger partial charge in [0.25, 0.3) is 0 Å². The number of halogens is 2. The Kier molecular flexibility index (Phi) is 7.49. The number of nitrogens with zero attached hydrogens (tertiary/aromatic N) is 1. The highest BCUT2D eigenvalue weighted by molar-refractivity contribution is 6.31. The van der Waals surface area contributed by atoms with E-state index in [4.69, 9.17) is 23.2 Å². The van der Waals surface area contributed by atoms with Crippen LogP contribution in [-0.4, -0.2) is 29.8 Å². The van der Waals surface area contributed by atoms with Crippen LogP contribution in [0.15, 0.2) is 48.5 Å². The highest BCUT2D eigenvalue weighted by Gasteiger charge is 2.25. The normalized spacial score (nSPS) is 11.7. The molecule has 0 aliphatic rings. The van der Waals surface area contributed by atoms with Gasteiger partial charge >= 0.3 is 0 Å². The molecule has 2 amide bonds. The Labute approximate surface area is 164 Å². The van der Waals surface area contributed by atoms with Crippen molar-refractivity contribution in [3.8, 4) is 0 Å². The van der Waals surface area contributed by atoms with Crippen molar-refractivity contribution in [1.29, 1.82) is 0 Å². The van der Waals surface area contributed by atoms with Crippen LogP contribution in [0, 0.1) is 0 Å². The Morgan fingerprint density at radius 1 is 1.12 bits per heavy atom. The van der Waals surface area contributed by atoms with Gasteiger partial charge in [0.1, 0.15) is 6.04 Å². The molecule has 0 aliphatic heterocycles. The largest absolute Gasteiger partial charge is 0.357 e. The van der Waals surface area contributed by atoms with Gasteiger partial charge in [0, 0.05) is 30.1 Å². The minimum absolute atomic E-state index is 0.110. The maximum atomic E-state index is 12.8. The molecule has 0 bridgehead atoms. The van der Waals surface area contributed by atoms with Crippen LogP contribution in [0.2, 0.25) is 10.0 Å². The van der Waals surface area contributed by atoms with Crippen LogP contribution in [0.4, 0.5) is 0 Å². The van der Waals surface area contributed by atoms with Crippen molar-refractivity contribution in [2.45, 2.75) is 32.4 Å². The van der Waals surface area contributed by atoms with Gasteiger partial charge in [-0.05, 0) is 42.7 Å². The number of carbonyl (C=O) groups excluding carboxylic acids is 2. The van der Waals surface area contributed by atoms with Gasteiger partial charge in [-0.1, -0.05) is 53.5 Å². The molecule has 0 spiro atoms.